The number of benzene rings is 1. The summed E-state index contributed by atoms with van der Waals surface area (Å²) >= 11 is 5.40. The van der Waals surface area contributed by atoms with Crippen LogP contribution < -0.4 is 5.73 Å². The maximum absolute atomic E-state index is 12.9. The van der Waals surface area contributed by atoms with Gasteiger partial charge in [-0.1, -0.05) is 11.6 Å². The third-order valence-corrected chi connectivity index (χ3v) is 1.76. The first-order chi connectivity index (χ1) is 5.95. The van der Waals surface area contributed by atoms with Crippen LogP contribution in [0.2, 0.25) is 5.02 Å². The smallest absolute Gasteiger partial charge is 0.285 e. The molecule has 72 valence electrons. The average molecular weight is 210 g/mol. The number of alkyl halides is 2. The van der Waals surface area contributed by atoms with Gasteiger partial charge >= 0.3 is 0 Å². The van der Waals surface area contributed by atoms with Gasteiger partial charge in [0.1, 0.15) is 5.82 Å². The molecule has 1 aromatic carbocycles. The molecule has 0 saturated carbocycles. The van der Waals surface area contributed by atoms with Crippen LogP contribution in [0.1, 0.15) is 5.56 Å². The Kier molecular flexibility index (Phi) is 2.83. The number of hydrogen-bond donors (Lipinski definition) is 1. The highest BCUT2D eigenvalue weighted by Crippen LogP contribution is 2.29. The number of hydrogen-bond acceptors (Lipinski definition) is 1. The highest BCUT2D eigenvalue weighted by Gasteiger charge is 2.30. The lowest BCUT2D eigenvalue weighted by atomic mass is 10.1. The Balaban J connectivity index is 3.15. The quantitative estimate of drug-likeness (QED) is 0.796. The van der Waals surface area contributed by atoms with Gasteiger partial charge < -0.3 is 5.73 Å². The zero-order valence-corrected chi connectivity index (χ0v) is 7.28. The van der Waals surface area contributed by atoms with Crippen molar-refractivity contribution in [2.75, 3.05) is 6.54 Å². The Bertz CT molecular complexity index is 294. The third-order valence-electron chi connectivity index (χ3n) is 1.54. The Hall–Kier alpha value is -0.740. The largest absolute Gasteiger partial charge is 0.325 e. The van der Waals surface area contributed by atoms with Gasteiger partial charge in [0.2, 0.25) is 0 Å². The van der Waals surface area contributed by atoms with E-state index in [1.807, 2.05) is 0 Å². The van der Waals surface area contributed by atoms with Crippen LogP contribution in [-0.4, -0.2) is 6.54 Å². The SMILES string of the molecule is NCC(F)(F)c1cc(F)cc(Cl)c1. The highest BCUT2D eigenvalue weighted by molar-refractivity contribution is 6.30. The molecule has 5 heteroatoms. The topological polar surface area (TPSA) is 26.0 Å². The Labute approximate surface area is 78.3 Å². The van der Waals surface area contributed by atoms with Gasteiger partial charge in [-0.2, -0.15) is 8.78 Å². The average Bonchev–Trinajstić information content (AvgIpc) is 2.02. The molecule has 0 aliphatic heterocycles. The molecule has 0 unspecified atom stereocenters. The lowest BCUT2D eigenvalue weighted by Gasteiger charge is -2.14. The fourth-order valence-corrected chi connectivity index (χ4v) is 1.10. The molecular weight excluding hydrogens is 203 g/mol. The summed E-state index contributed by atoms with van der Waals surface area (Å²) in [7, 11) is 0. The van der Waals surface area contributed by atoms with Gasteiger partial charge in [-0.25, -0.2) is 4.39 Å². The second-order valence-corrected chi connectivity index (χ2v) is 3.00. The normalized spacial score (nSPS) is 11.8. The molecule has 0 radical (unpaired) electrons. The van der Waals surface area contributed by atoms with Crippen molar-refractivity contribution >= 4 is 11.6 Å². The molecule has 0 fully saturated rings. The predicted octanol–water partition coefficient (Wildman–Crippen LogP) is 2.53. The van der Waals surface area contributed by atoms with E-state index in [1.165, 1.54) is 0 Å². The molecule has 0 aromatic heterocycles. The van der Waals surface area contributed by atoms with E-state index >= 15 is 0 Å². The van der Waals surface area contributed by atoms with Crippen LogP contribution in [-0.2, 0) is 5.92 Å². The van der Waals surface area contributed by atoms with Gasteiger partial charge in [-0.3, -0.25) is 0 Å². The summed E-state index contributed by atoms with van der Waals surface area (Å²) in [6.07, 6.45) is 0. The molecule has 0 aliphatic carbocycles. The fourth-order valence-electron chi connectivity index (χ4n) is 0.883. The van der Waals surface area contributed by atoms with Gasteiger partial charge in [-0.15, -0.1) is 0 Å². The van der Waals surface area contributed by atoms with Gasteiger partial charge in [0.05, 0.1) is 6.54 Å². The van der Waals surface area contributed by atoms with Gasteiger partial charge in [0, 0.05) is 10.6 Å². The molecule has 1 aromatic rings. The second-order valence-electron chi connectivity index (χ2n) is 2.57. The zero-order chi connectivity index (χ0) is 10.1. The fraction of sp³-hybridized carbons (Fsp3) is 0.250. The van der Waals surface area contributed by atoms with Crippen molar-refractivity contribution in [2.45, 2.75) is 5.92 Å². The molecule has 0 atom stereocenters. The van der Waals surface area contributed by atoms with Crippen LogP contribution in [0, 0.1) is 5.82 Å². The number of nitrogens with two attached hydrogens (primary N) is 1. The number of rotatable bonds is 2. The standard InChI is InChI=1S/C8H7ClF3N/c9-6-1-5(2-7(10)3-6)8(11,12)4-13/h1-3H,4,13H2. The van der Waals surface area contributed by atoms with E-state index in [2.05, 4.69) is 0 Å². The Morgan fingerprint density at radius 1 is 1.31 bits per heavy atom. The molecule has 0 aliphatic rings. The maximum Gasteiger partial charge on any atom is 0.285 e. The predicted molar refractivity (Wildman–Crippen MR) is 44.4 cm³/mol. The molecular formula is C8H7ClF3N. The lowest BCUT2D eigenvalue weighted by molar-refractivity contribution is 0.00566. The Morgan fingerprint density at radius 2 is 1.92 bits per heavy atom. The lowest BCUT2D eigenvalue weighted by Crippen LogP contribution is -2.25. The minimum Gasteiger partial charge on any atom is -0.325 e. The van der Waals surface area contributed by atoms with Crippen molar-refractivity contribution in [3.63, 3.8) is 0 Å². The van der Waals surface area contributed by atoms with Crippen LogP contribution in [0.15, 0.2) is 18.2 Å². The van der Waals surface area contributed by atoms with Crippen molar-refractivity contribution in [2.24, 2.45) is 5.73 Å². The number of halogens is 4. The molecule has 0 heterocycles. The Morgan fingerprint density at radius 3 is 2.38 bits per heavy atom. The zero-order valence-electron chi connectivity index (χ0n) is 6.53. The van der Waals surface area contributed by atoms with Crippen LogP contribution in [0.3, 0.4) is 0 Å². The minimum atomic E-state index is -3.23. The summed E-state index contributed by atoms with van der Waals surface area (Å²) < 4.78 is 38.4. The van der Waals surface area contributed by atoms with E-state index in [9.17, 15) is 13.2 Å². The maximum atomic E-state index is 12.9. The highest BCUT2D eigenvalue weighted by atomic mass is 35.5. The third kappa shape index (κ3) is 2.35. The van der Waals surface area contributed by atoms with E-state index in [0.717, 1.165) is 18.2 Å². The monoisotopic (exact) mass is 209 g/mol. The molecule has 2 N–H and O–H groups in total. The summed E-state index contributed by atoms with van der Waals surface area (Å²) in [6, 6.07) is 2.67. The molecule has 0 saturated heterocycles. The van der Waals surface area contributed by atoms with Crippen molar-refractivity contribution in [1.82, 2.24) is 0 Å². The van der Waals surface area contributed by atoms with E-state index in [-0.39, 0.29) is 5.02 Å². The molecule has 0 spiro atoms. The first-order valence-corrected chi connectivity index (χ1v) is 3.88. The van der Waals surface area contributed by atoms with Gasteiger partial charge in [-0.05, 0) is 18.2 Å². The molecule has 13 heavy (non-hydrogen) atoms. The summed E-state index contributed by atoms with van der Waals surface area (Å²) in [6.45, 7) is -0.868. The molecule has 1 rings (SSSR count). The second kappa shape index (κ2) is 3.55. The van der Waals surface area contributed by atoms with Crippen LogP contribution in [0.4, 0.5) is 13.2 Å². The summed E-state index contributed by atoms with van der Waals surface area (Å²) in [5.41, 5.74) is 4.32. The van der Waals surface area contributed by atoms with Crippen LogP contribution in [0.25, 0.3) is 0 Å². The van der Waals surface area contributed by atoms with Gasteiger partial charge in [0.25, 0.3) is 5.92 Å². The van der Waals surface area contributed by atoms with E-state index in [4.69, 9.17) is 17.3 Å². The first kappa shape index (κ1) is 10.3. The van der Waals surface area contributed by atoms with E-state index in [0.29, 0.717) is 0 Å². The van der Waals surface area contributed by atoms with Crippen LogP contribution >= 0.6 is 11.6 Å². The summed E-state index contributed by atoms with van der Waals surface area (Å²) in [5, 5.41) is -0.0666. The summed E-state index contributed by atoms with van der Waals surface area (Å²) in [4.78, 5) is 0. The van der Waals surface area contributed by atoms with Gasteiger partial charge in [0.15, 0.2) is 0 Å². The van der Waals surface area contributed by atoms with Crippen LogP contribution in [0.5, 0.6) is 0 Å². The van der Waals surface area contributed by atoms with Crippen molar-refractivity contribution < 1.29 is 13.2 Å². The first-order valence-electron chi connectivity index (χ1n) is 3.50. The molecule has 1 nitrogen and oxygen atoms in total. The molecule has 0 bridgehead atoms. The van der Waals surface area contributed by atoms with E-state index < -0.39 is 23.8 Å². The van der Waals surface area contributed by atoms with Crippen molar-refractivity contribution in [3.05, 3.63) is 34.6 Å². The minimum absolute atomic E-state index is 0.0666. The van der Waals surface area contributed by atoms with Crippen molar-refractivity contribution in [1.29, 1.82) is 0 Å². The summed E-state index contributed by atoms with van der Waals surface area (Å²) in [5.74, 6) is -4.03. The van der Waals surface area contributed by atoms with Crippen molar-refractivity contribution in [3.8, 4) is 0 Å². The van der Waals surface area contributed by atoms with E-state index in [1.54, 1.807) is 0 Å². The molecule has 0 amide bonds.